The van der Waals surface area contributed by atoms with Crippen LogP contribution in [0.25, 0.3) is 21.0 Å². The Hall–Kier alpha value is -3.12. The highest BCUT2D eigenvalue weighted by Gasteiger charge is 2.16. The van der Waals surface area contributed by atoms with E-state index in [1.54, 1.807) is 14.2 Å². The SMILES string of the molecule is CCn1c(=NC(=O)c2cccc3ccccc23)sc2c(OC)ccc(OC)c21. The smallest absolute Gasteiger partial charge is 0.280 e. The average Bonchev–Trinajstić information content (AvgIpc) is 3.10. The predicted octanol–water partition coefficient (Wildman–Crippen LogP) is 4.63. The van der Waals surface area contributed by atoms with Crippen LogP contribution in [-0.4, -0.2) is 24.7 Å². The quantitative estimate of drug-likeness (QED) is 0.509. The van der Waals surface area contributed by atoms with E-state index in [1.807, 2.05) is 66.1 Å². The van der Waals surface area contributed by atoms with Crippen LogP contribution in [0.15, 0.2) is 59.6 Å². The summed E-state index contributed by atoms with van der Waals surface area (Å²) in [7, 11) is 3.27. The zero-order valence-corrected chi connectivity index (χ0v) is 16.7. The molecular formula is C22H20N2O3S. The average molecular weight is 392 g/mol. The zero-order valence-electron chi connectivity index (χ0n) is 15.9. The molecule has 0 fully saturated rings. The van der Waals surface area contributed by atoms with Crippen molar-refractivity contribution in [1.29, 1.82) is 0 Å². The van der Waals surface area contributed by atoms with Crippen molar-refractivity contribution in [3.05, 3.63) is 65.0 Å². The molecule has 0 spiro atoms. The van der Waals surface area contributed by atoms with Crippen LogP contribution in [0.5, 0.6) is 11.5 Å². The third-order valence-corrected chi connectivity index (χ3v) is 5.82. The van der Waals surface area contributed by atoms with Crippen LogP contribution in [-0.2, 0) is 6.54 Å². The number of hydrogen-bond donors (Lipinski definition) is 0. The topological polar surface area (TPSA) is 52.8 Å². The van der Waals surface area contributed by atoms with Gasteiger partial charge in [0, 0.05) is 12.1 Å². The molecule has 0 unspecified atom stereocenters. The Labute approximate surface area is 166 Å². The number of aryl methyl sites for hydroxylation is 1. The van der Waals surface area contributed by atoms with Crippen molar-refractivity contribution in [3.63, 3.8) is 0 Å². The van der Waals surface area contributed by atoms with Gasteiger partial charge in [0.25, 0.3) is 5.91 Å². The molecule has 142 valence electrons. The minimum Gasteiger partial charge on any atom is -0.495 e. The second-order valence-corrected chi connectivity index (χ2v) is 7.20. The number of benzene rings is 3. The number of ether oxygens (including phenoxy) is 2. The van der Waals surface area contributed by atoms with Crippen molar-refractivity contribution in [3.8, 4) is 11.5 Å². The highest BCUT2D eigenvalue weighted by atomic mass is 32.1. The van der Waals surface area contributed by atoms with Crippen LogP contribution < -0.4 is 14.3 Å². The molecule has 0 aliphatic heterocycles. The van der Waals surface area contributed by atoms with E-state index in [9.17, 15) is 4.79 Å². The maximum atomic E-state index is 13.0. The summed E-state index contributed by atoms with van der Waals surface area (Å²) < 4.78 is 13.9. The minimum atomic E-state index is -0.261. The van der Waals surface area contributed by atoms with Gasteiger partial charge in [-0.05, 0) is 35.9 Å². The molecule has 0 aliphatic rings. The Bertz CT molecular complexity index is 1250. The third kappa shape index (κ3) is 2.96. The number of hydrogen-bond acceptors (Lipinski definition) is 4. The molecule has 1 heterocycles. The molecule has 0 radical (unpaired) electrons. The highest BCUT2D eigenvalue weighted by Crippen LogP contribution is 2.35. The minimum absolute atomic E-state index is 0.261. The Kier molecular flexibility index (Phi) is 4.88. The van der Waals surface area contributed by atoms with Crippen molar-refractivity contribution in [2.75, 3.05) is 14.2 Å². The van der Waals surface area contributed by atoms with Crippen molar-refractivity contribution in [2.24, 2.45) is 4.99 Å². The largest absolute Gasteiger partial charge is 0.495 e. The maximum absolute atomic E-state index is 13.0. The van der Waals surface area contributed by atoms with Crippen LogP contribution in [0.2, 0.25) is 0 Å². The molecule has 1 aromatic heterocycles. The first kappa shape index (κ1) is 18.3. The van der Waals surface area contributed by atoms with E-state index >= 15 is 0 Å². The lowest BCUT2D eigenvalue weighted by atomic mass is 10.0. The standard InChI is InChI=1S/C22H20N2O3S/c1-4-24-19-17(26-2)12-13-18(27-3)20(19)28-22(24)23-21(25)16-11-7-9-14-8-5-6-10-15(14)16/h5-13H,4H2,1-3H3. The van der Waals surface area contributed by atoms with Crippen LogP contribution in [0.3, 0.4) is 0 Å². The van der Waals surface area contributed by atoms with E-state index in [0.29, 0.717) is 16.9 Å². The Morgan fingerprint density at radius 1 is 1.00 bits per heavy atom. The molecule has 6 heteroatoms. The fourth-order valence-corrected chi connectivity index (χ4v) is 4.59. The first-order valence-corrected chi connectivity index (χ1v) is 9.80. The first-order chi connectivity index (χ1) is 13.7. The van der Waals surface area contributed by atoms with Gasteiger partial charge >= 0.3 is 0 Å². The van der Waals surface area contributed by atoms with Gasteiger partial charge in [0.1, 0.15) is 21.7 Å². The van der Waals surface area contributed by atoms with E-state index in [1.165, 1.54) is 11.3 Å². The maximum Gasteiger partial charge on any atom is 0.280 e. The summed E-state index contributed by atoms with van der Waals surface area (Å²) in [6.45, 7) is 2.68. The molecular weight excluding hydrogens is 372 g/mol. The molecule has 5 nitrogen and oxygen atoms in total. The number of thiazole rings is 1. The molecule has 28 heavy (non-hydrogen) atoms. The molecule has 0 N–H and O–H groups in total. The number of aromatic nitrogens is 1. The van der Waals surface area contributed by atoms with Gasteiger partial charge in [-0.3, -0.25) is 4.79 Å². The van der Waals surface area contributed by atoms with Gasteiger partial charge < -0.3 is 14.0 Å². The summed E-state index contributed by atoms with van der Waals surface area (Å²) >= 11 is 1.43. The van der Waals surface area contributed by atoms with Gasteiger partial charge in [-0.15, -0.1) is 0 Å². The molecule has 4 aromatic rings. The number of nitrogens with zero attached hydrogens (tertiary/aromatic N) is 2. The van der Waals surface area contributed by atoms with Gasteiger partial charge in [0.15, 0.2) is 4.80 Å². The number of amides is 1. The van der Waals surface area contributed by atoms with Crippen LogP contribution in [0.1, 0.15) is 17.3 Å². The summed E-state index contributed by atoms with van der Waals surface area (Å²) in [6, 6.07) is 17.3. The molecule has 0 aliphatic carbocycles. The predicted molar refractivity (Wildman–Crippen MR) is 112 cm³/mol. The number of fused-ring (bicyclic) bond motifs is 2. The molecule has 1 amide bonds. The van der Waals surface area contributed by atoms with Crippen molar-refractivity contribution < 1.29 is 14.3 Å². The Balaban J connectivity index is 1.95. The van der Waals surface area contributed by atoms with Crippen LogP contribution >= 0.6 is 11.3 Å². The van der Waals surface area contributed by atoms with Gasteiger partial charge in [0.2, 0.25) is 0 Å². The second-order valence-electron chi connectivity index (χ2n) is 6.22. The van der Waals surface area contributed by atoms with Gasteiger partial charge in [0.05, 0.1) is 14.2 Å². The van der Waals surface area contributed by atoms with Crippen LogP contribution in [0, 0.1) is 0 Å². The van der Waals surface area contributed by atoms with Gasteiger partial charge in [-0.2, -0.15) is 4.99 Å². The van der Waals surface area contributed by atoms with Crippen LogP contribution in [0.4, 0.5) is 0 Å². The first-order valence-electron chi connectivity index (χ1n) is 8.99. The summed E-state index contributed by atoms with van der Waals surface area (Å²) in [5.74, 6) is 1.21. The fraction of sp³-hybridized carbons (Fsp3) is 0.182. The third-order valence-electron chi connectivity index (χ3n) is 4.73. The number of carbonyl (C=O) groups is 1. The molecule has 0 saturated carbocycles. The lowest BCUT2D eigenvalue weighted by Gasteiger charge is -2.08. The number of methoxy groups -OCH3 is 2. The fourth-order valence-electron chi connectivity index (χ4n) is 3.39. The second kappa shape index (κ2) is 7.48. The summed E-state index contributed by atoms with van der Waals surface area (Å²) in [5.41, 5.74) is 1.48. The molecule has 0 bridgehead atoms. The van der Waals surface area contributed by atoms with Crippen molar-refractivity contribution in [1.82, 2.24) is 4.57 Å². The van der Waals surface area contributed by atoms with E-state index in [0.717, 1.165) is 32.5 Å². The van der Waals surface area contributed by atoms with Crippen molar-refractivity contribution in [2.45, 2.75) is 13.5 Å². The molecule has 0 atom stereocenters. The zero-order chi connectivity index (χ0) is 19.7. The Morgan fingerprint density at radius 2 is 1.71 bits per heavy atom. The lowest BCUT2D eigenvalue weighted by molar-refractivity contribution is 0.0999. The Morgan fingerprint density at radius 3 is 2.46 bits per heavy atom. The number of carbonyl (C=O) groups excluding carboxylic acids is 1. The van der Waals surface area contributed by atoms with Gasteiger partial charge in [-0.1, -0.05) is 47.7 Å². The molecule has 0 saturated heterocycles. The summed E-state index contributed by atoms with van der Waals surface area (Å²) in [6.07, 6.45) is 0. The monoisotopic (exact) mass is 392 g/mol. The highest BCUT2D eigenvalue weighted by molar-refractivity contribution is 7.16. The summed E-state index contributed by atoms with van der Waals surface area (Å²) in [4.78, 5) is 18.1. The van der Waals surface area contributed by atoms with E-state index in [-0.39, 0.29) is 5.91 Å². The lowest BCUT2D eigenvalue weighted by Crippen LogP contribution is -2.16. The molecule has 4 rings (SSSR count). The molecule has 3 aromatic carbocycles. The van der Waals surface area contributed by atoms with Gasteiger partial charge in [-0.25, -0.2) is 0 Å². The van der Waals surface area contributed by atoms with E-state index in [2.05, 4.69) is 4.99 Å². The summed E-state index contributed by atoms with van der Waals surface area (Å²) in [5, 5.41) is 1.92. The normalized spacial score (nSPS) is 11.9. The van der Waals surface area contributed by atoms with E-state index < -0.39 is 0 Å². The number of rotatable bonds is 4. The van der Waals surface area contributed by atoms with Crippen molar-refractivity contribution >= 4 is 38.2 Å². The van der Waals surface area contributed by atoms with E-state index in [4.69, 9.17) is 9.47 Å².